The van der Waals surface area contributed by atoms with Gasteiger partial charge in [-0.15, -0.1) is 0 Å². The largest absolute Gasteiger partial charge is 0.274 e. The van der Waals surface area contributed by atoms with E-state index in [2.05, 4.69) is 12.2 Å². The number of nitrogens with zero attached hydrogens (tertiary/aromatic N) is 1. The minimum atomic E-state index is -0.378. The molecule has 1 heterocycles. The van der Waals surface area contributed by atoms with Gasteiger partial charge in [0.2, 0.25) is 11.8 Å². The quantitative estimate of drug-likeness (QED) is 0.590. The molecule has 2 bridgehead atoms. The van der Waals surface area contributed by atoms with Crippen LogP contribution in [0.25, 0.3) is 0 Å². The number of amides is 2. The number of carbonyl (C=O) groups excluding carboxylic acids is 2. The molecule has 1 saturated carbocycles. The lowest BCUT2D eigenvalue weighted by Gasteiger charge is -2.19. The fraction of sp³-hybridized carbons (Fsp3) is 0.333. The van der Waals surface area contributed by atoms with Crippen molar-refractivity contribution in [2.24, 2.45) is 23.7 Å². The first-order chi connectivity index (χ1) is 10.5. The Labute approximate surface area is 128 Å². The second-order valence-electron chi connectivity index (χ2n) is 6.43. The number of halogens is 1. The Balaban J connectivity index is 1.76. The number of hydrogen-bond acceptors (Lipinski definition) is 2. The normalized spacial score (nSPS) is 32.1. The van der Waals surface area contributed by atoms with Crippen LogP contribution in [0.3, 0.4) is 0 Å². The maximum Gasteiger partial charge on any atom is 0.238 e. The highest BCUT2D eigenvalue weighted by molar-refractivity contribution is 6.23. The summed E-state index contributed by atoms with van der Waals surface area (Å²) in [5.41, 5.74) is 2.89. The molecule has 1 aromatic rings. The zero-order chi connectivity index (χ0) is 15.6. The monoisotopic (exact) mass is 297 g/mol. The van der Waals surface area contributed by atoms with Crippen LogP contribution in [0.5, 0.6) is 0 Å². The molecule has 0 unspecified atom stereocenters. The summed E-state index contributed by atoms with van der Waals surface area (Å²) < 4.78 is 13.1. The first-order valence-corrected chi connectivity index (χ1v) is 7.49. The Morgan fingerprint density at radius 1 is 0.955 bits per heavy atom. The van der Waals surface area contributed by atoms with Gasteiger partial charge in [0.1, 0.15) is 5.82 Å². The van der Waals surface area contributed by atoms with Crippen LogP contribution in [0.15, 0.2) is 47.6 Å². The summed E-state index contributed by atoms with van der Waals surface area (Å²) in [5, 5.41) is 0. The highest BCUT2D eigenvalue weighted by atomic mass is 19.1. The van der Waals surface area contributed by atoms with Crippen molar-refractivity contribution in [2.75, 3.05) is 4.90 Å². The molecule has 2 aliphatic carbocycles. The topological polar surface area (TPSA) is 37.4 Å². The van der Waals surface area contributed by atoms with Gasteiger partial charge in [0.15, 0.2) is 0 Å². The van der Waals surface area contributed by atoms with Crippen LogP contribution in [-0.2, 0) is 9.59 Å². The van der Waals surface area contributed by atoms with Gasteiger partial charge in [-0.2, -0.15) is 0 Å². The lowest BCUT2D eigenvalue weighted by molar-refractivity contribution is -0.122. The number of carbonyl (C=O) groups is 2. The molecule has 4 heteroatoms. The van der Waals surface area contributed by atoms with Gasteiger partial charge in [0.25, 0.3) is 0 Å². The van der Waals surface area contributed by atoms with Crippen molar-refractivity contribution < 1.29 is 14.0 Å². The van der Waals surface area contributed by atoms with Crippen molar-refractivity contribution >= 4 is 17.5 Å². The van der Waals surface area contributed by atoms with Crippen LogP contribution < -0.4 is 4.90 Å². The average Bonchev–Trinajstić information content (AvgIpc) is 3.11. The van der Waals surface area contributed by atoms with Gasteiger partial charge in [0, 0.05) is 11.8 Å². The van der Waals surface area contributed by atoms with E-state index in [-0.39, 0.29) is 41.3 Å². The van der Waals surface area contributed by atoms with E-state index in [1.54, 1.807) is 0 Å². The Morgan fingerprint density at radius 2 is 1.45 bits per heavy atom. The number of fused-ring (bicyclic) bond motifs is 5. The van der Waals surface area contributed by atoms with E-state index in [0.29, 0.717) is 5.69 Å². The van der Waals surface area contributed by atoms with Crippen LogP contribution in [0, 0.1) is 29.5 Å². The molecule has 0 radical (unpaired) electrons. The fourth-order valence-electron chi connectivity index (χ4n) is 4.27. The first kappa shape index (κ1) is 13.4. The number of hydrogen-bond donors (Lipinski definition) is 0. The predicted molar refractivity (Wildman–Crippen MR) is 80.4 cm³/mol. The van der Waals surface area contributed by atoms with Gasteiger partial charge in [-0.05, 0) is 38.1 Å². The standard InChI is InChI=1S/C18H16FNO2/c1-9(2)14-12-7-8-13(14)16-15(12)17(21)20(18(16)22)11-5-3-10(19)4-6-11/h3-8,12-13,15-16H,1-2H3/t12-,13+,15-,16-/m0/s1. The second kappa shape index (κ2) is 4.38. The second-order valence-corrected chi connectivity index (χ2v) is 6.43. The third-order valence-electron chi connectivity index (χ3n) is 5.08. The third-order valence-corrected chi connectivity index (χ3v) is 5.08. The van der Waals surface area contributed by atoms with Crippen molar-refractivity contribution in [3.63, 3.8) is 0 Å². The smallest absolute Gasteiger partial charge is 0.238 e. The molecule has 0 aromatic heterocycles. The molecule has 0 N–H and O–H groups in total. The molecular formula is C18H16FNO2. The predicted octanol–water partition coefficient (Wildman–Crippen LogP) is 3.08. The van der Waals surface area contributed by atoms with Gasteiger partial charge in [-0.1, -0.05) is 23.3 Å². The van der Waals surface area contributed by atoms with E-state index < -0.39 is 0 Å². The molecule has 1 saturated heterocycles. The molecule has 2 amide bonds. The Hall–Kier alpha value is -2.23. The minimum absolute atomic E-state index is 0.0434. The lowest BCUT2D eigenvalue weighted by Crippen LogP contribution is -2.33. The Bertz CT molecular complexity index is 709. The van der Waals surface area contributed by atoms with Gasteiger partial charge in [-0.3, -0.25) is 9.59 Å². The third kappa shape index (κ3) is 1.55. The zero-order valence-electron chi connectivity index (χ0n) is 12.4. The molecule has 4 atom stereocenters. The number of benzene rings is 1. The van der Waals surface area contributed by atoms with Crippen molar-refractivity contribution in [1.29, 1.82) is 0 Å². The highest BCUT2D eigenvalue weighted by Gasteiger charge is 2.61. The fourth-order valence-corrected chi connectivity index (χ4v) is 4.27. The zero-order valence-corrected chi connectivity index (χ0v) is 12.4. The van der Waals surface area contributed by atoms with Crippen molar-refractivity contribution in [1.82, 2.24) is 0 Å². The summed E-state index contributed by atoms with van der Waals surface area (Å²) in [4.78, 5) is 26.8. The van der Waals surface area contributed by atoms with Crippen molar-refractivity contribution in [3.05, 3.63) is 53.4 Å². The number of imide groups is 1. The highest BCUT2D eigenvalue weighted by Crippen LogP contribution is 2.57. The maximum absolute atomic E-state index is 13.1. The SMILES string of the molecule is CC(C)=C1[C@H]2C=C[C@@H]1[C@@H]1C(=O)N(c3ccc(F)cc3)C(=O)[C@H]12. The molecule has 3 aliphatic rings. The summed E-state index contributed by atoms with van der Waals surface area (Å²) in [7, 11) is 0. The van der Waals surface area contributed by atoms with Crippen LogP contribution in [-0.4, -0.2) is 11.8 Å². The number of rotatable bonds is 1. The van der Waals surface area contributed by atoms with Crippen molar-refractivity contribution in [3.8, 4) is 0 Å². The summed E-state index contributed by atoms with van der Waals surface area (Å²) >= 11 is 0. The summed E-state index contributed by atoms with van der Waals surface area (Å²) in [6.07, 6.45) is 4.13. The maximum atomic E-state index is 13.1. The van der Waals surface area contributed by atoms with E-state index in [0.717, 1.165) is 0 Å². The summed E-state index contributed by atoms with van der Waals surface area (Å²) in [6.45, 7) is 4.08. The van der Waals surface area contributed by atoms with Gasteiger partial charge < -0.3 is 0 Å². The van der Waals surface area contributed by atoms with E-state index in [1.165, 1.54) is 40.3 Å². The lowest BCUT2D eigenvalue weighted by atomic mass is 9.85. The van der Waals surface area contributed by atoms with Crippen LogP contribution in [0.4, 0.5) is 10.1 Å². The molecule has 112 valence electrons. The van der Waals surface area contributed by atoms with Crippen molar-refractivity contribution in [2.45, 2.75) is 13.8 Å². The van der Waals surface area contributed by atoms with Gasteiger partial charge >= 0.3 is 0 Å². The number of allylic oxidation sites excluding steroid dienone is 4. The summed E-state index contributed by atoms with van der Waals surface area (Å²) in [6, 6.07) is 5.53. The molecule has 1 aliphatic heterocycles. The van der Waals surface area contributed by atoms with E-state index in [9.17, 15) is 14.0 Å². The first-order valence-electron chi connectivity index (χ1n) is 7.49. The Morgan fingerprint density at radius 3 is 1.91 bits per heavy atom. The van der Waals surface area contributed by atoms with E-state index >= 15 is 0 Å². The van der Waals surface area contributed by atoms with Crippen LogP contribution >= 0.6 is 0 Å². The molecule has 3 nitrogen and oxygen atoms in total. The van der Waals surface area contributed by atoms with Gasteiger partial charge in [0.05, 0.1) is 17.5 Å². The average molecular weight is 297 g/mol. The Kier molecular flexibility index (Phi) is 2.68. The van der Waals surface area contributed by atoms with E-state index in [1.807, 2.05) is 13.8 Å². The van der Waals surface area contributed by atoms with Crippen LogP contribution in [0.1, 0.15) is 13.8 Å². The molecule has 4 rings (SSSR count). The van der Waals surface area contributed by atoms with E-state index in [4.69, 9.17) is 0 Å². The molecule has 2 fully saturated rings. The van der Waals surface area contributed by atoms with Crippen LogP contribution in [0.2, 0.25) is 0 Å². The van der Waals surface area contributed by atoms with Gasteiger partial charge in [-0.25, -0.2) is 9.29 Å². The number of anilines is 1. The summed E-state index contributed by atoms with van der Waals surface area (Å²) in [5.74, 6) is -1.19. The molecule has 22 heavy (non-hydrogen) atoms. The minimum Gasteiger partial charge on any atom is -0.274 e. The molecule has 0 spiro atoms. The molecular weight excluding hydrogens is 281 g/mol. The molecule has 1 aromatic carbocycles.